The van der Waals surface area contributed by atoms with E-state index in [1.165, 1.54) is 29.2 Å². The molecule has 1 N–H and O–H groups in total. The molecule has 0 aromatic heterocycles. The standard InChI is InChI=1S/C38H44FN3O4S/c1-27(2)31-16-20-33(21-17-31)42(47(45,46)34-22-12-28(3)13-23-34)26-36(43)41(25-30-14-18-32(39)19-15-30)35(37(44)40-38(4,5)6)24-29-10-8-7-9-11-29/h7-23,27,35H,24-26H2,1-6H3,(H,40,44). The average molecular weight is 658 g/mol. The number of hydrogen-bond donors (Lipinski definition) is 1. The lowest BCUT2D eigenvalue weighted by atomic mass is 10.0. The Balaban J connectivity index is 1.82. The van der Waals surface area contributed by atoms with Crippen molar-refractivity contribution in [3.63, 3.8) is 0 Å². The quantitative estimate of drug-likeness (QED) is 0.178. The minimum absolute atomic E-state index is 0.0419. The molecular formula is C38H44FN3O4S. The molecule has 0 radical (unpaired) electrons. The van der Waals surface area contributed by atoms with E-state index in [0.717, 1.165) is 21.0 Å². The van der Waals surface area contributed by atoms with Crippen molar-refractivity contribution in [2.75, 3.05) is 10.8 Å². The van der Waals surface area contributed by atoms with Crippen molar-refractivity contribution < 1.29 is 22.4 Å². The fourth-order valence-corrected chi connectivity index (χ4v) is 6.60. The molecule has 0 heterocycles. The number of carbonyl (C=O) groups excluding carboxylic acids is 2. The Labute approximate surface area is 278 Å². The minimum Gasteiger partial charge on any atom is -0.350 e. The van der Waals surface area contributed by atoms with Gasteiger partial charge in [-0.05, 0) is 86.7 Å². The van der Waals surface area contributed by atoms with Crippen LogP contribution in [-0.4, -0.2) is 43.3 Å². The fraction of sp³-hybridized carbons (Fsp3) is 0.316. The van der Waals surface area contributed by atoms with E-state index in [9.17, 15) is 22.4 Å². The molecule has 248 valence electrons. The van der Waals surface area contributed by atoms with Crippen molar-refractivity contribution >= 4 is 27.5 Å². The predicted molar refractivity (Wildman–Crippen MR) is 185 cm³/mol. The lowest BCUT2D eigenvalue weighted by Crippen LogP contribution is -2.56. The van der Waals surface area contributed by atoms with Gasteiger partial charge in [0.2, 0.25) is 11.8 Å². The summed E-state index contributed by atoms with van der Waals surface area (Å²) >= 11 is 0. The second-order valence-electron chi connectivity index (χ2n) is 13.2. The molecule has 4 aromatic carbocycles. The lowest BCUT2D eigenvalue weighted by molar-refractivity contribution is -0.140. The number of sulfonamides is 1. The average Bonchev–Trinajstić information content (AvgIpc) is 3.02. The van der Waals surface area contributed by atoms with Crippen molar-refractivity contribution in [1.29, 1.82) is 0 Å². The second-order valence-corrected chi connectivity index (χ2v) is 15.0. The van der Waals surface area contributed by atoms with Gasteiger partial charge >= 0.3 is 0 Å². The number of halogens is 1. The van der Waals surface area contributed by atoms with Crippen molar-refractivity contribution in [1.82, 2.24) is 10.2 Å². The van der Waals surface area contributed by atoms with Crippen LogP contribution in [0.2, 0.25) is 0 Å². The number of anilines is 1. The normalized spacial score (nSPS) is 12.4. The number of nitrogens with one attached hydrogen (secondary N) is 1. The third-order valence-electron chi connectivity index (χ3n) is 7.77. The van der Waals surface area contributed by atoms with Crippen molar-refractivity contribution in [3.05, 3.63) is 131 Å². The topological polar surface area (TPSA) is 86.8 Å². The van der Waals surface area contributed by atoms with Crippen LogP contribution in [0.25, 0.3) is 0 Å². The van der Waals surface area contributed by atoms with Gasteiger partial charge < -0.3 is 10.2 Å². The largest absolute Gasteiger partial charge is 0.350 e. The first-order chi connectivity index (χ1) is 22.1. The van der Waals surface area contributed by atoms with E-state index in [-0.39, 0.29) is 29.7 Å². The molecular weight excluding hydrogens is 614 g/mol. The summed E-state index contributed by atoms with van der Waals surface area (Å²) in [4.78, 5) is 30.0. The van der Waals surface area contributed by atoms with Gasteiger partial charge in [-0.1, -0.05) is 86.1 Å². The van der Waals surface area contributed by atoms with E-state index in [1.807, 2.05) is 84.0 Å². The van der Waals surface area contributed by atoms with Crippen LogP contribution >= 0.6 is 0 Å². The molecule has 47 heavy (non-hydrogen) atoms. The molecule has 9 heteroatoms. The molecule has 7 nitrogen and oxygen atoms in total. The van der Waals surface area contributed by atoms with Crippen LogP contribution < -0.4 is 9.62 Å². The minimum atomic E-state index is -4.21. The van der Waals surface area contributed by atoms with Gasteiger partial charge in [-0.25, -0.2) is 12.8 Å². The third kappa shape index (κ3) is 9.51. The maximum Gasteiger partial charge on any atom is 0.264 e. The van der Waals surface area contributed by atoms with Crippen molar-refractivity contribution in [2.45, 2.75) is 76.9 Å². The molecule has 1 unspecified atom stereocenters. The highest BCUT2D eigenvalue weighted by molar-refractivity contribution is 7.92. The highest BCUT2D eigenvalue weighted by Gasteiger charge is 2.35. The van der Waals surface area contributed by atoms with Gasteiger partial charge in [0, 0.05) is 18.5 Å². The summed E-state index contributed by atoms with van der Waals surface area (Å²) < 4.78 is 43.4. The number of aryl methyl sites for hydroxylation is 1. The Morgan fingerprint density at radius 2 is 1.40 bits per heavy atom. The summed E-state index contributed by atoms with van der Waals surface area (Å²) in [6.45, 7) is 10.9. The molecule has 0 aliphatic heterocycles. The molecule has 0 aliphatic carbocycles. The summed E-state index contributed by atoms with van der Waals surface area (Å²) in [6, 6.07) is 27.6. The van der Waals surface area contributed by atoms with Gasteiger partial charge in [-0.15, -0.1) is 0 Å². The third-order valence-corrected chi connectivity index (χ3v) is 9.56. The van der Waals surface area contributed by atoms with Crippen molar-refractivity contribution in [3.8, 4) is 0 Å². The molecule has 0 aliphatic rings. The summed E-state index contributed by atoms with van der Waals surface area (Å²) in [7, 11) is -4.21. The highest BCUT2D eigenvalue weighted by atomic mass is 32.2. The van der Waals surface area contributed by atoms with Crippen LogP contribution in [0.5, 0.6) is 0 Å². The smallest absolute Gasteiger partial charge is 0.264 e. The summed E-state index contributed by atoms with van der Waals surface area (Å²) in [5.41, 5.74) is 3.06. The maximum absolute atomic E-state index is 14.6. The van der Waals surface area contributed by atoms with Crippen LogP contribution in [0.1, 0.15) is 62.8 Å². The van der Waals surface area contributed by atoms with Gasteiger partial charge in [0.25, 0.3) is 10.0 Å². The summed E-state index contributed by atoms with van der Waals surface area (Å²) in [5, 5.41) is 3.01. The molecule has 1 atom stereocenters. The van der Waals surface area contributed by atoms with Crippen LogP contribution in [0.3, 0.4) is 0 Å². The summed E-state index contributed by atoms with van der Waals surface area (Å²) in [5.74, 6) is -1.17. The van der Waals surface area contributed by atoms with Crippen LogP contribution in [0.15, 0.2) is 108 Å². The van der Waals surface area contributed by atoms with E-state index in [0.29, 0.717) is 11.3 Å². The Morgan fingerprint density at radius 1 is 0.809 bits per heavy atom. The zero-order valence-corrected chi connectivity index (χ0v) is 28.7. The first-order valence-corrected chi connectivity index (χ1v) is 17.2. The first kappa shape index (κ1) is 35.4. The zero-order valence-electron chi connectivity index (χ0n) is 27.9. The maximum atomic E-state index is 14.6. The molecule has 0 bridgehead atoms. The molecule has 0 spiro atoms. The Morgan fingerprint density at radius 3 is 1.96 bits per heavy atom. The lowest BCUT2D eigenvalue weighted by Gasteiger charge is -2.35. The number of amides is 2. The van der Waals surface area contributed by atoms with Gasteiger partial charge in [0.1, 0.15) is 18.4 Å². The van der Waals surface area contributed by atoms with E-state index in [1.54, 1.807) is 36.4 Å². The molecule has 0 fully saturated rings. The summed E-state index contributed by atoms with van der Waals surface area (Å²) in [6.07, 6.45) is 0.184. The predicted octanol–water partition coefficient (Wildman–Crippen LogP) is 7.01. The Hall–Kier alpha value is -4.50. The monoisotopic (exact) mass is 657 g/mol. The van der Waals surface area contributed by atoms with E-state index < -0.39 is 39.9 Å². The Bertz CT molecular complexity index is 1750. The SMILES string of the molecule is Cc1ccc(S(=O)(=O)N(CC(=O)N(Cc2ccc(F)cc2)C(Cc2ccccc2)C(=O)NC(C)(C)C)c2ccc(C(C)C)cc2)cc1. The number of nitrogens with zero attached hydrogens (tertiary/aromatic N) is 2. The van der Waals surface area contributed by atoms with Gasteiger partial charge in [-0.3, -0.25) is 13.9 Å². The van der Waals surface area contributed by atoms with Gasteiger partial charge in [-0.2, -0.15) is 0 Å². The zero-order chi connectivity index (χ0) is 34.4. The first-order valence-electron chi connectivity index (χ1n) is 15.7. The Kier molecular flexibility index (Phi) is 11.2. The molecule has 2 amide bonds. The van der Waals surface area contributed by atoms with Crippen LogP contribution in [-0.2, 0) is 32.6 Å². The van der Waals surface area contributed by atoms with E-state index in [4.69, 9.17) is 0 Å². The fourth-order valence-electron chi connectivity index (χ4n) is 5.19. The second kappa shape index (κ2) is 14.9. The van der Waals surface area contributed by atoms with E-state index >= 15 is 0 Å². The van der Waals surface area contributed by atoms with Crippen LogP contribution in [0.4, 0.5) is 10.1 Å². The number of rotatable bonds is 12. The number of hydrogen-bond acceptors (Lipinski definition) is 4. The molecule has 4 rings (SSSR count). The molecule has 0 saturated carbocycles. The highest BCUT2D eigenvalue weighted by Crippen LogP contribution is 2.27. The van der Waals surface area contributed by atoms with E-state index in [2.05, 4.69) is 5.32 Å². The molecule has 4 aromatic rings. The van der Waals surface area contributed by atoms with Crippen molar-refractivity contribution in [2.24, 2.45) is 0 Å². The van der Waals surface area contributed by atoms with Gasteiger partial charge in [0.05, 0.1) is 10.6 Å². The van der Waals surface area contributed by atoms with Gasteiger partial charge in [0.15, 0.2) is 0 Å². The molecule has 0 saturated heterocycles. The number of carbonyl (C=O) groups is 2. The van der Waals surface area contributed by atoms with Crippen LogP contribution in [0, 0.1) is 12.7 Å². The number of benzene rings is 4.